The first-order valence-electron chi connectivity index (χ1n) is 5.64. The van der Waals surface area contributed by atoms with E-state index in [2.05, 4.69) is 10.1 Å². The molecule has 1 atom stereocenters. The van der Waals surface area contributed by atoms with Crippen LogP contribution in [0.15, 0.2) is 0 Å². The van der Waals surface area contributed by atoms with E-state index in [1.165, 1.54) is 14.0 Å². The summed E-state index contributed by atoms with van der Waals surface area (Å²) in [6.07, 6.45) is 0.923. The largest absolute Gasteiger partial charge is 0.469 e. The molecule has 0 saturated carbocycles. The van der Waals surface area contributed by atoms with Crippen LogP contribution in [0, 0.1) is 5.92 Å². The van der Waals surface area contributed by atoms with Gasteiger partial charge in [0.25, 0.3) is 0 Å². The topological polar surface area (TPSA) is 75.7 Å². The van der Waals surface area contributed by atoms with Crippen LogP contribution < -0.4 is 5.32 Å². The summed E-state index contributed by atoms with van der Waals surface area (Å²) < 4.78 is 4.61. The molecular formula is C11H18N2O4. The minimum absolute atomic E-state index is 0.0248. The molecule has 1 aliphatic heterocycles. The molecule has 0 aromatic carbocycles. The molecule has 6 heteroatoms. The third kappa shape index (κ3) is 4.05. The van der Waals surface area contributed by atoms with Crippen molar-refractivity contribution in [3.05, 3.63) is 0 Å². The molecular weight excluding hydrogens is 224 g/mol. The monoisotopic (exact) mass is 242 g/mol. The molecule has 1 heterocycles. The van der Waals surface area contributed by atoms with Crippen LogP contribution >= 0.6 is 0 Å². The van der Waals surface area contributed by atoms with Crippen LogP contribution in [0.3, 0.4) is 0 Å². The molecule has 0 aliphatic carbocycles. The van der Waals surface area contributed by atoms with Crippen molar-refractivity contribution in [3.63, 3.8) is 0 Å². The predicted octanol–water partition coefficient (Wildman–Crippen LogP) is -0.466. The lowest BCUT2D eigenvalue weighted by molar-refractivity contribution is -0.145. The quantitative estimate of drug-likeness (QED) is 0.522. The molecule has 0 radical (unpaired) electrons. The number of carbonyl (C=O) groups excluding carboxylic acids is 3. The Kier molecular flexibility index (Phi) is 4.93. The first-order chi connectivity index (χ1) is 8.04. The summed E-state index contributed by atoms with van der Waals surface area (Å²) in [6.45, 7) is 2.98. The highest BCUT2D eigenvalue weighted by atomic mass is 16.5. The van der Waals surface area contributed by atoms with Gasteiger partial charge in [0.05, 0.1) is 13.0 Å². The number of methoxy groups -OCH3 is 1. The number of esters is 1. The number of amides is 2. The van der Waals surface area contributed by atoms with Crippen molar-refractivity contribution >= 4 is 17.8 Å². The summed E-state index contributed by atoms with van der Waals surface area (Å²) in [6, 6.07) is 0. The highest BCUT2D eigenvalue weighted by molar-refractivity contribution is 5.86. The van der Waals surface area contributed by atoms with Gasteiger partial charge in [-0.05, 0) is 6.42 Å². The second-order valence-corrected chi connectivity index (χ2v) is 4.10. The molecule has 0 aromatic rings. The number of hydrogen-bond acceptors (Lipinski definition) is 4. The van der Waals surface area contributed by atoms with Crippen molar-refractivity contribution in [1.82, 2.24) is 10.2 Å². The number of hydrogen-bond donors (Lipinski definition) is 1. The van der Waals surface area contributed by atoms with Gasteiger partial charge < -0.3 is 15.0 Å². The molecule has 2 amide bonds. The van der Waals surface area contributed by atoms with E-state index in [1.54, 1.807) is 4.90 Å². The molecule has 1 saturated heterocycles. The average Bonchev–Trinajstić information content (AvgIpc) is 2.65. The van der Waals surface area contributed by atoms with E-state index >= 15 is 0 Å². The van der Waals surface area contributed by atoms with Gasteiger partial charge in [0.1, 0.15) is 0 Å². The molecule has 0 aromatic heterocycles. The van der Waals surface area contributed by atoms with Gasteiger partial charge in [0.2, 0.25) is 11.8 Å². The molecule has 1 unspecified atom stereocenters. The normalized spacial score (nSPS) is 19.3. The summed E-state index contributed by atoms with van der Waals surface area (Å²) >= 11 is 0. The summed E-state index contributed by atoms with van der Waals surface area (Å²) in [7, 11) is 1.33. The lowest BCUT2D eigenvalue weighted by Gasteiger charge is -2.15. The molecule has 0 spiro atoms. The first kappa shape index (κ1) is 13.5. The maximum absolute atomic E-state index is 11.6. The summed E-state index contributed by atoms with van der Waals surface area (Å²) in [5, 5.41) is 2.66. The average molecular weight is 242 g/mol. The SMILES string of the molecule is COC(=O)C1CC(=O)N(CCCNC(C)=O)C1. The zero-order valence-corrected chi connectivity index (χ0v) is 10.2. The van der Waals surface area contributed by atoms with Gasteiger partial charge in [-0.1, -0.05) is 0 Å². The van der Waals surface area contributed by atoms with E-state index < -0.39 is 0 Å². The zero-order valence-electron chi connectivity index (χ0n) is 10.2. The number of likely N-dealkylation sites (tertiary alicyclic amines) is 1. The Labute approximate surface area is 100 Å². The molecule has 1 N–H and O–H groups in total. The van der Waals surface area contributed by atoms with E-state index in [0.717, 1.165) is 0 Å². The van der Waals surface area contributed by atoms with Gasteiger partial charge in [-0.2, -0.15) is 0 Å². The summed E-state index contributed by atoms with van der Waals surface area (Å²) in [4.78, 5) is 35.1. The van der Waals surface area contributed by atoms with E-state index in [4.69, 9.17) is 0 Å². The fourth-order valence-corrected chi connectivity index (χ4v) is 1.85. The van der Waals surface area contributed by atoms with Crippen molar-refractivity contribution in [2.45, 2.75) is 19.8 Å². The molecule has 0 bridgehead atoms. The van der Waals surface area contributed by atoms with Crippen LogP contribution in [0.2, 0.25) is 0 Å². The van der Waals surface area contributed by atoms with Crippen LogP contribution in [0.25, 0.3) is 0 Å². The highest BCUT2D eigenvalue weighted by Gasteiger charge is 2.34. The molecule has 1 aliphatic rings. The Bertz CT molecular complexity index is 317. The van der Waals surface area contributed by atoms with E-state index in [0.29, 0.717) is 26.1 Å². The van der Waals surface area contributed by atoms with E-state index in [9.17, 15) is 14.4 Å². The third-order valence-electron chi connectivity index (χ3n) is 2.73. The second-order valence-electron chi connectivity index (χ2n) is 4.10. The van der Waals surface area contributed by atoms with Gasteiger partial charge in [0, 0.05) is 33.0 Å². The fraction of sp³-hybridized carbons (Fsp3) is 0.727. The zero-order chi connectivity index (χ0) is 12.8. The van der Waals surface area contributed by atoms with Gasteiger partial charge in [-0.25, -0.2) is 0 Å². The fourth-order valence-electron chi connectivity index (χ4n) is 1.85. The third-order valence-corrected chi connectivity index (χ3v) is 2.73. The standard InChI is InChI=1S/C11H18N2O4/c1-8(14)12-4-3-5-13-7-9(6-10(13)15)11(16)17-2/h9H,3-7H2,1-2H3,(H,12,14). The molecule has 96 valence electrons. The summed E-state index contributed by atoms with van der Waals surface area (Å²) in [5.74, 6) is -0.774. The van der Waals surface area contributed by atoms with E-state index in [-0.39, 0.29) is 30.1 Å². The van der Waals surface area contributed by atoms with Gasteiger partial charge in [0.15, 0.2) is 0 Å². The smallest absolute Gasteiger partial charge is 0.310 e. The van der Waals surface area contributed by atoms with Crippen LogP contribution in [-0.2, 0) is 19.1 Å². The van der Waals surface area contributed by atoms with Crippen molar-refractivity contribution in [2.75, 3.05) is 26.7 Å². The van der Waals surface area contributed by atoms with Crippen molar-refractivity contribution < 1.29 is 19.1 Å². The second kappa shape index (κ2) is 6.22. The van der Waals surface area contributed by atoms with Crippen LogP contribution in [0.4, 0.5) is 0 Å². The van der Waals surface area contributed by atoms with Crippen LogP contribution in [-0.4, -0.2) is 49.4 Å². The molecule has 1 fully saturated rings. The Morgan fingerprint density at radius 3 is 2.82 bits per heavy atom. The van der Waals surface area contributed by atoms with E-state index in [1.807, 2.05) is 0 Å². The number of nitrogens with one attached hydrogen (secondary N) is 1. The Hall–Kier alpha value is -1.59. The maximum atomic E-state index is 11.6. The molecule has 1 rings (SSSR count). The van der Waals surface area contributed by atoms with Crippen molar-refractivity contribution in [3.8, 4) is 0 Å². The van der Waals surface area contributed by atoms with Gasteiger partial charge in [-0.3, -0.25) is 14.4 Å². The minimum atomic E-state index is -0.340. The first-order valence-corrected chi connectivity index (χ1v) is 5.64. The Morgan fingerprint density at radius 2 is 2.24 bits per heavy atom. The Balaban J connectivity index is 2.28. The number of ether oxygens (including phenoxy) is 1. The van der Waals surface area contributed by atoms with Crippen LogP contribution in [0.5, 0.6) is 0 Å². The number of carbonyl (C=O) groups is 3. The lowest BCUT2D eigenvalue weighted by atomic mass is 10.1. The molecule has 17 heavy (non-hydrogen) atoms. The maximum Gasteiger partial charge on any atom is 0.310 e. The number of rotatable bonds is 5. The van der Waals surface area contributed by atoms with Crippen LogP contribution in [0.1, 0.15) is 19.8 Å². The predicted molar refractivity (Wildman–Crippen MR) is 60.0 cm³/mol. The van der Waals surface area contributed by atoms with Crippen molar-refractivity contribution in [2.24, 2.45) is 5.92 Å². The lowest BCUT2D eigenvalue weighted by Crippen LogP contribution is -2.30. The van der Waals surface area contributed by atoms with Crippen molar-refractivity contribution in [1.29, 1.82) is 0 Å². The number of nitrogens with zero attached hydrogens (tertiary/aromatic N) is 1. The Morgan fingerprint density at radius 1 is 1.53 bits per heavy atom. The minimum Gasteiger partial charge on any atom is -0.469 e. The molecule has 6 nitrogen and oxygen atoms in total. The van der Waals surface area contributed by atoms with Gasteiger partial charge >= 0.3 is 5.97 Å². The summed E-state index contributed by atoms with van der Waals surface area (Å²) in [5.41, 5.74) is 0. The highest BCUT2D eigenvalue weighted by Crippen LogP contribution is 2.18. The van der Waals surface area contributed by atoms with Gasteiger partial charge in [-0.15, -0.1) is 0 Å².